The quantitative estimate of drug-likeness (QED) is 0.918. The third-order valence-electron chi connectivity index (χ3n) is 4.24. The Morgan fingerprint density at radius 3 is 3.00 bits per heavy atom. The van der Waals surface area contributed by atoms with Crippen molar-refractivity contribution in [2.75, 3.05) is 18.0 Å². The number of aryl methyl sites for hydroxylation is 2. The predicted molar refractivity (Wildman–Crippen MR) is 86.4 cm³/mol. The fourth-order valence-electron chi connectivity index (χ4n) is 3.23. The summed E-state index contributed by atoms with van der Waals surface area (Å²) in [6.45, 7) is 4.82. The second kappa shape index (κ2) is 6.31. The number of fused-ring (bicyclic) bond motifs is 1. The third kappa shape index (κ3) is 2.81. The van der Waals surface area contributed by atoms with Gasteiger partial charge in [0.15, 0.2) is 0 Å². The lowest BCUT2D eigenvalue weighted by molar-refractivity contribution is 0.581. The van der Waals surface area contributed by atoms with Crippen molar-refractivity contribution in [3.63, 3.8) is 0 Å². The first-order valence-electron chi connectivity index (χ1n) is 7.90. The van der Waals surface area contributed by atoms with Crippen LogP contribution in [0.4, 0.5) is 5.69 Å². The molecule has 0 bridgehead atoms. The Hall–Kier alpha value is -1.81. The van der Waals surface area contributed by atoms with Crippen molar-refractivity contribution in [3.8, 4) is 0 Å². The molecule has 0 radical (unpaired) electrons. The molecule has 1 aliphatic rings. The van der Waals surface area contributed by atoms with E-state index in [0.29, 0.717) is 6.54 Å². The lowest BCUT2D eigenvalue weighted by atomic mass is 9.98. The van der Waals surface area contributed by atoms with Gasteiger partial charge in [-0.05, 0) is 30.9 Å². The Labute approximate surface area is 126 Å². The molecule has 4 heteroatoms. The van der Waals surface area contributed by atoms with Gasteiger partial charge >= 0.3 is 0 Å². The van der Waals surface area contributed by atoms with Gasteiger partial charge < -0.3 is 10.6 Å². The topological polar surface area (TPSA) is 47.1 Å². The molecule has 21 heavy (non-hydrogen) atoms. The van der Waals surface area contributed by atoms with Gasteiger partial charge in [-0.2, -0.15) is 5.10 Å². The van der Waals surface area contributed by atoms with E-state index in [2.05, 4.69) is 47.4 Å². The van der Waals surface area contributed by atoms with Crippen LogP contribution in [0.3, 0.4) is 0 Å². The summed E-state index contributed by atoms with van der Waals surface area (Å²) >= 11 is 0. The van der Waals surface area contributed by atoms with Crippen LogP contribution < -0.4 is 10.6 Å². The highest BCUT2D eigenvalue weighted by molar-refractivity contribution is 5.57. The highest BCUT2D eigenvalue weighted by Gasteiger charge is 2.25. The van der Waals surface area contributed by atoms with Crippen LogP contribution in [0, 0.1) is 0 Å². The van der Waals surface area contributed by atoms with Gasteiger partial charge in [-0.1, -0.05) is 25.1 Å². The van der Waals surface area contributed by atoms with E-state index < -0.39 is 0 Å². The Morgan fingerprint density at radius 2 is 2.19 bits per heavy atom. The van der Waals surface area contributed by atoms with E-state index >= 15 is 0 Å². The van der Waals surface area contributed by atoms with Gasteiger partial charge in [-0.3, -0.25) is 4.68 Å². The first-order valence-corrected chi connectivity index (χ1v) is 7.90. The van der Waals surface area contributed by atoms with Crippen molar-refractivity contribution in [1.29, 1.82) is 0 Å². The summed E-state index contributed by atoms with van der Waals surface area (Å²) in [5, 5.41) is 4.46. The molecule has 0 saturated carbocycles. The number of hydrogen-bond acceptors (Lipinski definition) is 3. The molecule has 1 aromatic heterocycles. The molecular formula is C17H24N4. The fraction of sp³-hybridized carbons (Fsp3) is 0.471. The zero-order chi connectivity index (χ0) is 14.7. The Bertz CT molecular complexity index is 590. The maximum absolute atomic E-state index is 6.10. The summed E-state index contributed by atoms with van der Waals surface area (Å²) in [5.74, 6) is 0. The van der Waals surface area contributed by atoms with E-state index in [1.165, 1.54) is 29.7 Å². The SMILES string of the molecule is CCCn1cc(C(CN)N2CCCc3ccccc32)cn1. The molecule has 0 fully saturated rings. The molecule has 0 aliphatic carbocycles. The first kappa shape index (κ1) is 14.1. The Balaban J connectivity index is 1.89. The van der Waals surface area contributed by atoms with Crippen molar-refractivity contribution in [3.05, 3.63) is 47.8 Å². The average Bonchev–Trinajstić information content (AvgIpc) is 2.97. The molecule has 2 N–H and O–H groups in total. The number of anilines is 1. The molecule has 0 amide bonds. The second-order valence-electron chi connectivity index (χ2n) is 5.71. The number of benzene rings is 1. The third-order valence-corrected chi connectivity index (χ3v) is 4.24. The molecule has 0 spiro atoms. The van der Waals surface area contributed by atoms with Crippen LogP contribution >= 0.6 is 0 Å². The van der Waals surface area contributed by atoms with Gasteiger partial charge in [-0.15, -0.1) is 0 Å². The minimum Gasteiger partial charge on any atom is -0.363 e. The van der Waals surface area contributed by atoms with Crippen molar-refractivity contribution in [2.45, 2.75) is 38.8 Å². The summed E-state index contributed by atoms with van der Waals surface area (Å²) in [4.78, 5) is 2.45. The van der Waals surface area contributed by atoms with E-state index in [0.717, 1.165) is 19.5 Å². The van der Waals surface area contributed by atoms with Crippen molar-refractivity contribution in [2.24, 2.45) is 5.73 Å². The molecule has 3 rings (SSSR count). The number of nitrogens with zero attached hydrogens (tertiary/aromatic N) is 3. The molecule has 0 saturated heterocycles. The smallest absolute Gasteiger partial charge is 0.0695 e. The van der Waals surface area contributed by atoms with Crippen LogP contribution in [0.2, 0.25) is 0 Å². The highest BCUT2D eigenvalue weighted by Crippen LogP contribution is 2.33. The fourth-order valence-corrected chi connectivity index (χ4v) is 3.23. The van der Waals surface area contributed by atoms with Gasteiger partial charge in [0, 0.05) is 37.1 Å². The normalized spacial score (nSPS) is 15.8. The van der Waals surface area contributed by atoms with Crippen LogP contribution in [0.25, 0.3) is 0 Å². The van der Waals surface area contributed by atoms with Gasteiger partial charge in [0.1, 0.15) is 0 Å². The monoisotopic (exact) mass is 284 g/mol. The van der Waals surface area contributed by atoms with Crippen LogP contribution in [0.1, 0.15) is 36.9 Å². The number of hydrogen-bond donors (Lipinski definition) is 1. The molecule has 1 aliphatic heterocycles. The summed E-state index contributed by atoms with van der Waals surface area (Å²) in [6.07, 6.45) is 7.58. The molecule has 1 aromatic carbocycles. The maximum Gasteiger partial charge on any atom is 0.0695 e. The summed E-state index contributed by atoms with van der Waals surface area (Å²) in [7, 11) is 0. The van der Waals surface area contributed by atoms with Gasteiger partial charge in [-0.25, -0.2) is 0 Å². The van der Waals surface area contributed by atoms with Crippen LogP contribution in [-0.4, -0.2) is 22.9 Å². The zero-order valence-corrected chi connectivity index (χ0v) is 12.7. The molecule has 4 nitrogen and oxygen atoms in total. The summed E-state index contributed by atoms with van der Waals surface area (Å²) < 4.78 is 2.02. The molecule has 112 valence electrons. The molecule has 2 heterocycles. The van der Waals surface area contributed by atoms with Crippen LogP contribution in [0.15, 0.2) is 36.7 Å². The number of rotatable bonds is 5. The van der Waals surface area contributed by atoms with Crippen molar-refractivity contribution in [1.82, 2.24) is 9.78 Å². The Morgan fingerprint density at radius 1 is 1.33 bits per heavy atom. The maximum atomic E-state index is 6.10. The lowest BCUT2D eigenvalue weighted by Gasteiger charge is -2.37. The zero-order valence-electron chi connectivity index (χ0n) is 12.7. The van der Waals surface area contributed by atoms with Crippen molar-refractivity contribution < 1.29 is 0 Å². The van der Waals surface area contributed by atoms with Gasteiger partial charge in [0.25, 0.3) is 0 Å². The van der Waals surface area contributed by atoms with E-state index in [-0.39, 0.29) is 6.04 Å². The van der Waals surface area contributed by atoms with E-state index in [1.807, 2.05) is 10.9 Å². The predicted octanol–water partition coefficient (Wildman–Crippen LogP) is 2.75. The molecule has 1 unspecified atom stereocenters. The van der Waals surface area contributed by atoms with Gasteiger partial charge in [0.05, 0.1) is 12.2 Å². The number of para-hydroxylation sites is 1. The molecule has 1 atom stereocenters. The summed E-state index contributed by atoms with van der Waals surface area (Å²) in [6, 6.07) is 8.91. The van der Waals surface area contributed by atoms with E-state index in [9.17, 15) is 0 Å². The van der Waals surface area contributed by atoms with Crippen LogP contribution in [0.5, 0.6) is 0 Å². The van der Waals surface area contributed by atoms with Crippen molar-refractivity contribution >= 4 is 5.69 Å². The van der Waals surface area contributed by atoms with E-state index in [4.69, 9.17) is 5.73 Å². The largest absolute Gasteiger partial charge is 0.363 e. The lowest BCUT2D eigenvalue weighted by Crippen LogP contribution is -2.37. The summed E-state index contributed by atoms with van der Waals surface area (Å²) in [5.41, 5.74) is 10.1. The van der Waals surface area contributed by atoms with E-state index in [1.54, 1.807) is 0 Å². The number of aromatic nitrogens is 2. The standard InChI is InChI=1S/C17H24N4/c1-2-9-20-13-15(12-19-20)17(11-18)21-10-5-7-14-6-3-4-8-16(14)21/h3-4,6,8,12-13,17H,2,5,7,9-11,18H2,1H3. The second-order valence-corrected chi connectivity index (χ2v) is 5.71. The average molecular weight is 284 g/mol. The number of nitrogens with two attached hydrogens (primary N) is 1. The minimum absolute atomic E-state index is 0.219. The highest BCUT2D eigenvalue weighted by atomic mass is 15.3. The first-order chi connectivity index (χ1) is 10.3. The molecule has 2 aromatic rings. The van der Waals surface area contributed by atoms with Gasteiger partial charge in [0.2, 0.25) is 0 Å². The Kier molecular flexibility index (Phi) is 4.25. The molecular weight excluding hydrogens is 260 g/mol. The van der Waals surface area contributed by atoms with Crippen LogP contribution in [-0.2, 0) is 13.0 Å². The minimum atomic E-state index is 0.219.